The summed E-state index contributed by atoms with van der Waals surface area (Å²) in [6, 6.07) is 6.67. The zero-order valence-electron chi connectivity index (χ0n) is 11.0. The van der Waals surface area contributed by atoms with Crippen LogP contribution in [0, 0.1) is 0 Å². The van der Waals surface area contributed by atoms with Gasteiger partial charge in [-0.05, 0) is 37.5 Å². The highest BCUT2D eigenvalue weighted by Gasteiger charge is 2.28. The molecule has 1 aliphatic heterocycles. The molecule has 106 valence electrons. The highest BCUT2D eigenvalue weighted by atomic mass is 19.3. The Morgan fingerprint density at radius 1 is 1.37 bits per heavy atom. The Bertz CT molecular complexity index is 389. The molecule has 1 aromatic carbocycles. The van der Waals surface area contributed by atoms with E-state index >= 15 is 0 Å². The summed E-state index contributed by atoms with van der Waals surface area (Å²) in [4.78, 5) is 0. The number of rotatable bonds is 6. The van der Waals surface area contributed by atoms with Crippen molar-refractivity contribution in [3.05, 3.63) is 29.8 Å². The zero-order valence-corrected chi connectivity index (χ0v) is 11.0. The van der Waals surface area contributed by atoms with Crippen LogP contribution in [0.25, 0.3) is 0 Å². The van der Waals surface area contributed by atoms with Crippen LogP contribution in [0.4, 0.5) is 8.78 Å². The molecule has 1 atom stereocenters. The van der Waals surface area contributed by atoms with Gasteiger partial charge >= 0.3 is 6.61 Å². The van der Waals surface area contributed by atoms with Crippen molar-refractivity contribution in [3.63, 3.8) is 0 Å². The van der Waals surface area contributed by atoms with E-state index in [1.54, 1.807) is 24.3 Å². The van der Waals surface area contributed by atoms with Gasteiger partial charge in [0.1, 0.15) is 5.75 Å². The number of halogens is 2. The van der Waals surface area contributed by atoms with Gasteiger partial charge in [0.25, 0.3) is 0 Å². The van der Waals surface area contributed by atoms with Gasteiger partial charge < -0.3 is 14.8 Å². The molecule has 0 saturated carbocycles. The summed E-state index contributed by atoms with van der Waals surface area (Å²) in [6.45, 7) is 1.64. The number of hydrogen-bond acceptors (Lipinski definition) is 3. The van der Waals surface area contributed by atoms with Crippen LogP contribution in [0.15, 0.2) is 24.3 Å². The van der Waals surface area contributed by atoms with Crippen LogP contribution >= 0.6 is 0 Å². The first-order valence-corrected chi connectivity index (χ1v) is 6.46. The van der Waals surface area contributed by atoms with Crippen molar-refractivity contribution in [2.45, 2.75) is 38.5 Å². The Labute approximate surface area is 111 Å². The van der Waals surface area contributed by atoms with Crippen LogP contribution in [0.2, 0.25) is 0 Å². The Morgan fingerprint density at radius 2 is 2.11 bits per heavy atom. The van der Waals surface area contributed by atoms with Gasteiger partial charge in [0.2, 0.25) is 0 Å². The molecule has 1 N–H and O–H groups in total. The molecule has 0 radical (unpaired) electrons. The van der Waals surface area contributed by atoms with E-state index in [0.717, 1.165) is 31.6 Å². The van der Waals surface area contributed by atoms with E-state index < -0.39 is 6.61 Å². The largest absolute Gasteiger partial charge is 0.435 e. The normalized spacial score (nSPS) is 22.9. The lowest BCUT2D eigenvalue weighted by atomic mass is 10.0. The van der Waals surface area contributed by atoms with Crippen LogP contribution in [0.1, 0.15) is 25.3 Å². The molecule has 0 bridgehead atoms. The van der Waals surface area contributed by atoms with Crippen LogP contribution in [0.3, 0.4) is 0 Å². The van der Waals surface area contributed by atoms with E-state index in [1.807, 2.05) is 0 Å². The average Bonchev–Trinajstić information content (AvgIpc) is 2.78. The fourth-order valence-electron chi connectivity index (χ4n) is 2.24. The third kappa shape index (κ3) is 4.44. The molecule has 19 heavy (non-hydrogen) atoms. The zero-order chi connectivity index (χ0) is 13.7. The SMILES string of the molecule is CC1(CNCc2ccc(OC(F)F)cc2)CCCO1. The van der Waals surface area contributed by atoms with E-state index in [4.69, 9.17) is 4.74 Å². The smallest absolute Gasteiger partial charge is 0.387 e. The molecule has 1 unspecified atom stereocenters. The lowest BCUT2D eigenvalue weighted by molar-refractivity contribution is -0.0498. The topological polar surface area (TPSA) is 30.5 Å². The van der Waals surface area contributed by atoms with Crippen molar-refractivity contribution >= 4 is 0 Å². The maximum atomic E-state index is 12.0. The van der Waals surface area contributed by atoms with Crippen LogP contribution in [-0.2, 0) is 11.3 Å². The van der Waals surface area contributed by atoms with Gasteiger partial charge in [-0.1, -0.05) is 12.1 Å². The third-order valence-corrected chi connectivity index (χ3v) is 3.28. The summed E-state index contributed by atoms with van der Waals surface area (Å²) in [5.41, 5.74) is 0.960. The molecule has 1 aromatic rings. The highest BCUT2D eigenvalue weighted by molar-refractivity contribution is 5.27. The van der Waals surface area contributed by atoms with Crippen molar-refractivity contribution in [2.24, 2.45) is 0 Å². The van der Waals surface area contributed by atoms with Gasteiger partial charge in [0.05, 0.1) is 5.60 Å². The quantitative estimate of drug-likeness (QED) is 0.863. The summed E-state index contributed by atoms with van der Waals surface area (Å²) in [6.07, 6.45) is 2.18. The summed E-state index contributed by atoms with van der Waals surface area (Å²) in [5.74, 6) is 0.185. The van der Waals surface area contributed by atoms with Crippen LogP contribution in [0.5, 0.6) is 5.75 Å². The molecule has 1 heterocycles. The van der Waals surface area contributed by atoms with E-state index in [2.05, 4.69) is 17.0 Å². The summed E-state index contributed by atoms with van der Waals surface area (Å²) in [7, 11) is 0. The van der Waals surface area contributed by atoms with Gasteiger partial charge in [-0.15, -0.1) is 0 Å². The first-order chi connectivity index (χ1) is 9.07. The molecular formula is C14H19F2NO2. The molecule has 0 spiro atoms. The number of nitrogens with one attached hydrogen (secondary N) is 1. The number of hydrogen-bond donors (Lipinski definition) is 1. The minimum Gasteiger partial charge on any atom is -0.435 e. The van der Waals surface area contributed by atoms with Crippen LogP contribution < -0.4 is 10.1 Å². The van der Waals surface area contributed by atoms with E-state index in [1.165, 1.54) is 0 Å². The summed E-state index contributed by atoms with van der Waals surface area (Å²) in [5, 5.41) is 3.33. The number of alkyl halides is 2. The third-order valence-electron chi connectivity index (χ3n) is 3.28. The van der Waals surface area contributed by atoms with Crippen molar-refractivity contribution in [2.75, 3.05) is 13.2 Å². The summed E-state index contributed by atoms with van der Waals surface area (Å²) < 4.78 is 34.0. The Balaban J connectivity index is 1.76. The molecule has 1 saturated heterocycles. The molecule has 1 fully saturated rings. The minimum absolute atomic E-state index is 0.0707. The predicted molar refractivity (Wildman–Crippen MR) is 68.4 cm³/mol. The Morgan fingerprint density at radius 3 is 2.68 bits per heavy atom. The Kier molecular flexibility index (Phi) is 4.71. The molecule has 0 aromatic heterocycles. The second-order valence-electron chi connectivity index (χ2n) is 5.03. The molecule has 5 heteroatoms. The molecular weight excluding hydrogens is 252 g/mol. The van der Waals surface area contributed by atoms with E-state index in [0.29, 0.717) is 6.54 Å². The fraction of sp³-hybridized carbons (Fsp3) is 0.571. The van der Waals surface area contributed by atoms with E-state index in [-0.39, 0.29) is 11.4 Å². The van der Waals surface area contributed by atoms with Crippen molar-refractivity contribution in [1.29, 1.82) is 0 Å². The average molecular weight is 271 g/mol. The maximum Gasteiger partial charge on any atom is 0.387 e. The molecule has 0 aliphatic carbocycles. The molecule has 1 aliphatic rings. The second-order valence-corrected chi connectivity index (χ2v) is 5.03. The van der Waals surface area contributed by atoms with E-state index in [9.17, 15) is 8.78 Å². The minimum atomic E-state index is -2.77. The van der Waals surface area contributed by atoms with Crippen molar-refractivity contribution < 1.29 is 18.3 Å². The summed E-state index contributed by atoms with van der Waals surface area (Å²) >= 11 is 0. The van der Waals surface area contributed by atoms with Gasteiger partial charge in [-0.2, -0.15) is 8.78 Å². The Hall–Kier alpha value is -1.20. The van der Waals surface area contributed by atoms with Crippen molar-refractivity contribution in [1.82, 2.24) is 5.32 Å². The first kappa shape index (κ1) is 14.2. The van der Waals surface area contributed by atoms with Crippen LogP contribution in [-0.4, -0.2) is 25.4 Å². The maximum absolute atomic E-state index is 12.0. The lowest BCUT2D eigenvalue weighted by Crippen LogP contribution is -2.36. The second kappa shape index (κ2) is 6.30. The number of benzene rings is 1. The van der Waals surface area contributed by atoms with Gasteiger partial charge in [-0.25, -0.2) is 0 Å². The molecule has 2 rings (SSSR count). The van der Waals surface area contributed by atoms with Gasteiger partial charge in [0, 0.05) is 19.7 Å². The monoisotopic (exact) mass is 271 g/mol. The molecule has 0 amide bonds. The lowest BCUT2D eigenvalue weighted by Gasteiger charge is -2.23. The molecule has 3 nitrogen and oxygen atoms in total. The highest BCUT2D eigenvalue weighted by Crippen LogP contribution is 2.24. The predicted octanol–water partition coefficient (Wildman–Crippen LogP) is 2.95. The van der Waals surface area contributed by atoms with Gasteiger partial charge in [-0.3, -0.25) is 0 Å². The first-order valence-electron chi connectivity index (χ1n) is 6.46. The fourth-order valence-corrected chi connectivity index (χ4v) is 2.24. The van der Waals surface area contributed by atoms with Crippen molar-refractivity contribution in [3.8, 4) is 5.75 Å². The van der Waals surface area contributed by atoms with Gasteiger partial charge in [0.15, 0.2) is 0 Å². The number of ether oxygens (including phenoxy) is 2. The standard InChI is InChI=1S/C14H19F2NO2/c1-14(7-2-8-18-14)10-17-9-11-3-5-12(6-4-11)19-13(15)16/h3-6,13,17H,2,7-10H2,1H3.